The van der Waals surface area contributed by atoms with Crippen molar-refractivity contribution in [2.45, 2.75) is 45.1 Å². The lowest BCUT2D eigenvalue weighted by molar-refractivity contribution is -0.137. The van der Waals surface area contributed by atoms with E-state index in [1.54, 1.807) is 11.8 Å². The Morgan fingerprint density at radius 1 is 1.53 bits per heavy atom. The van der Waals surface area contributed by atoms with Gasteiger partial charge in [-0.15, -0.1) is 0 Å². The molecule has 98 valence electrons. The van der Waals surface area contributed by atoms with Crippen LogP contribution in [0.1, 0.15) is 39.0 Å². The average Bonchev–Trinajstić information content (AvgIpc) is 2.64. The van der Waals surface area contributed by atoms with Crippen molar-refractivity contribution in [3.63, 3.8) is 0 Å². The largest absolute Gasteiger partial charge is 0.481 e. The number of carboxylic acid groups (broad SMARTS) is 1. The number of amides is 1. The molecule has 1 rings (SSSR count). The molecular formula is C12H21NO3S. The first-order valence-electron chi connectivity index (χ1n) is 6.24. The van der Waals surface area contributed by atoms with Gasteiger partial charge >= 0.3 is 5.97 Å². The Hall–Kier alpha value is -0.710. The van der Waals surface area contributed by atoms with Crippen molar-refractivity contribution in [3.05, 3.63) is 0 Å². The van der Waals surface area contributed by atoms with Crippen molar-refractivity contribution in [1.29, 1.82) is 0 Å². The Morgan fingerprint density at radius 2 is 2.29 bits per heavy atom. The molecule has 5 heteroatoms. The van der Waals surface area contributed by atoms with Gasteiger partial charge < -0.3 is 10.0 Å². The molecule has 1 aliphatic rings. The Kier molecular flexibility index (Phi) is 6.40. The van der Waals surface area contributed by atoms with Gasteiger partial charge in [-0.25, -0.2) is 0 Å². The Bertz CT molecular complexity index is 270. The minimum atomic E-state index is -0.730. The van der Waals surface area contributed by atoms with Crippen LogP contribution in [0.5, 0.6) is 0 Å². The lowest BCUT2D eigenvalue weighted by Crippen LogP contribution is -2.34. The van der Waals surface area contributed by atoms with Crippen molar-refractivity contribution in [2.24, 2.45) is 0 Å². The van der Waals surface area contributed by atoms with Crippen LogP contribution in [-0.4, -0.2) is 46.0 Å². The van der Waals surface area contributed by atoms with E-state index in [-0.39, 0.29) is 12.3 Å². The van der Waals surface area contributed by atoms with Crippen LogP contribution in [-0.2, 0) is 9.59 Å². The summed E-state index contributed by atoms with van der Waals surface area (Å²) in [6, 6.07) is 0.433. The maximum atomic E-state index is 11.6. The van der Waals surface area contributed by atoms with Crippen LogP contribution in [0.15, 0.2) is 0 Å². The van der Waals surface area contributed by atoms with Gasteiger partial charge in [0.15, 0.2) is 0 Å². The predicted molar refractivity (Wildman–Crippen MR) is 69.2 cm³/mol. The van der Waals surface area contributed by atoms with Crippen LogP contribution < -0.4 is 0 Å². The highest BCUT2D eigenvalue weighted by molar-refractivity contribution is 7.99. The summed E-state index contributed by atoms with van der Waals surface area (Å²) in [6.07, 6.45) is 3.69. The van der Waals surface area contributed by atoms with Gasteiger partial charge in [0.05, 0.1) is 0 Å². The molecule has 0 bridgehead atoms. The lowest BCUT2D eigenvalue weighted by Gasteiger charge is -2.23. The third kappa shape index (κ3) is 4.98. The van der Waals surface area contributed by atoms with Crippen LogP contribution in [0.25, 0.3) is 0 Å². The predicted octanol–water partition coefficient (Wildman–Crippen LogP) is 1.99. The monoisotopic (exact) mass is 259 g/mol. The van der Waals surface area contributed by atoms with E-state index in [0.29, 0.717) is 18.9 Å². The second-order valence-corrected chi connectivity index (χ2v) is 5.52. The molecule has 1 amide bonds. The molecule has 0 aromatic rings. The van der Waals surface area contributed by atoms with Gasteiger partial charge in [-0.1, -0.05) is 6.92 Å². The van der Waals surface area contributed by atoms with Gasteiger partial charge in [0.2, 0.25) is 5.91 Å². The number of hydrogen-bond acceptors (Lipinski definition) is 3. The Morgan fingerprint density at radius 3 is 2.94 bits per heavy atom. The first-order valence-corrected chi connectivity index (χ1v) is 7.39. The molecule has 0 aliphatic carbocycles. The standard InChI is InChI=1S/C12H21NO3S/c1-2-10-5-6-11(14)13(10)7-9-17-8-3-4-12(15)16/h10H,2-9H2,1H3,(H,15,16). The molecule has 0 aromatic carbocycles. The van der Waals surface area contributed by atoms with Crippen LogP contribution in [0.4, 0.5) is 0 Å². The number of rotatable bonds is 8. The summed E-state index contributed by atoms with van der Waals surface area (Å²) < 4.78 is 0. The molecule has 0 saturated carbocycles. The second-order valence-electron chi connectivity index (χ2n) is 4.30. The van der Waals surface area contributed by atoms with E-state index in [0.717, 1.165) is 30.9 Å². The molecule has 0 aromatic heterocycles. The number of carbonyl (C=O) groups is 2. The summed E-state index contributed by atoms with van der Waals surface area (Å²) in [5.41, 5.74) is 0. The Labute approximate surface area is 107 Å². The number of hydrogen-bond donors (Lipinski definition) is 1. The lowest BCUT2D eigenvalue weighted by atomic mass is 10.2. The third-order valence-electron chi connectivity index (χ3n) is 3.08. The van der Waals surface area contributed by atoms with Crippen molar-refractivity contribution < 1.29 is 14.7 Å². The van der Waals surface area contributed by atoms with Gasteiger partial charge in [0.25, 0.3) is 0 Å². The summed E-state index contributed by atoms with van der Waals surface area (Å²) in [5.74, 6) is 1.34. The van der Waals surface area contributed by atoms with Gasteiger partial charge in [-0.3, -0.25) is 9.59 Å². The fourth-order valence-electron chi connectivity index (χ4n) is 2.12. The van der Waals surface area contributed by atoms with Crippen LogP contribution in [0, 0.1) is 0 Å². The fraction of sp³-hybridized carbons (Fsp3) is 0.833. The number of nitrogens with zero attached hydrogens (tertiary/aromatic N) is 1. The topological polar surface area (TPSA) is 57.6 Å². The molecule has 1 saturated heterocycles. The zero-order valence-electron chi connectivity index (χ0n) is 10.4. The number of carboxylic acids is 1. The molecule has 0 radical (unpaired) electrons. The van der Waals surface area contributed by atoms with Crippen molar-refractivity contribution in [3.8, 4) is 0 Å². The fourth-order valence-corrected chi connectivity index (χ4v) is 2.99. The quantitative estimate of drug-likeness (QED) is 0.677. The highest BCUT2D eigenvalue weighted by Gasteiger charge is 2.28. The van der Waals surface area contributed by atoms with Crippen LogP contribution in [0.2, 0.25) is 0 Å². The molecule has 1 fully saturated rings. The molecule has 4 nitrogen and oxygen atoms in total. The highest BCUT2D eigenvalue weighted by Crippen LogP contribution is 2.21. The molecule has 17 heavy (non-hydrogen) atoms. The molecule has 1 N–H and O–H groups in total. The smallest absolute Gasteiger partial charge is 0.303 e. The molecule has 1 aliphatic heterocycles. The summed E-state index contributed by atoms with van der Waals surface area (Å²) in [5, 5.41) is 8.48. The van der Waals surface area contributed by atoms with Gasteiger partial charge in [-0.05, 0) is 25.0 Å². The molecule has 1 heterocycles. The van der Waals surface area contributed by atoms with E-state index in [1.807, 2.05) is 4.90 Å². The SMILES string of the molecule is CCC1CCC(=O)N1CCSCCCC(=O)O. The van der Waals surface area contributed by atoms with E-state index in [4.69, 9.17) is 5.11 Å². The van der Waals surface area contributed by atoms with Gasteiger partial charge in [0.1, 0.15) is 0 Å². The van der Waals surface area contributed by atoms with E-state index in [2.05, 4.69) is 6.92 Å². The van der Waals surface area contributed by atoms with Crippen molar-refractivity contribution in [1.82, 2.24) is 4.90 Å². The molecule has 1 unspecified atom stereocenters. The number of aliphatic carboxylic acids is 1. The van der Waals surface area contributed by atoms with E-state index in [1.165, 1.54) is 0 Å². The van der Waals surface area contributed by atoms with Gasteiger partial charge in [0, 0.05) is 31.2 Å². The maximum Gasteiger partial charge on any atom is 0.303 e. The second kappa shape index (κ2) is 7.58. The van der Waals surface area contributed by atoms with Crippen molar-refractivity contribution in [2.75, 3.05) is 18.1 Å². The molecular weight excluding hydrogens is 238 g/mol. The summed E-state index contributed by atoms with van der Waals surface area (Å²) in [7, 11) is 0. The third-order valence-corrected chi connectivity index (χ3v) is 4.13. The minimum Gasteiger partial charge on any atom is -0.481 e. The molecule has 1 atom stereocenters. The summed E-state index contributed by atoms with van der Waals surface area (Å²) >= 11 is 1.74. The van der Waals surface area contributed by atoms with Crippen LogP contribution in [0.3, 0.4) is 0 Å². The van der Waals surface area contributed by atoms with E-state index < -0.39 is 5.97 Å². The maximum absolute atomic E-state index is 11.6. The summed E-state index contributed by atoms with van der Waals surface area (Å²) in [6.45, 7) is 2.94. The molecule has 0 spiro atoms. The zero-order valence-corrected chi connectivity index (χ0v) is 11.2. The summed E-state index contributed by atoms with van der Waals surface area (Å²) in [4.78, 5) is 23.9. The Balaban J connectivity index is 2.09. The van der Waals surface area contributed by atoms with Crippen molar-refractivity contribution >= 4 is 23.6 Å². The average molecular weight is 259 g/mol. The van der Waals surface area contributed by atoms with E-state index in [9.17, 15) is 9.59 Å². The number of thioether (sulfide) groups is 1. The first-order chi connectivity index (χ1) is 8.15. The normalized spacial score (nSPS) is 19.9. The van der Waals surface area contributed by atoms with Gasteiger partial charge in [-0.2, -0.15) is 11.8 Å². The van der Waals surface area contributed by atoms with E-state index >= 15 is 0 Å². The first kappa shape index (κ1) is 14.4. The van der Waals surface area contributed by atoms with Crippen LogP contribution >= 0.6 is 11.8 Å². The zero-order chi connectivity index (χ0) is 12.7. The minimum absolute atomic E-state index is 0.243. The highest BCUT2D eigenvalue weighted by atomic mass is 32.2. The number of carbonyl (C=O) groups excluding carboxylic acids is 1. The number of likely N-dealkylation sites (tertiary alicyclic amines) is 1.